The fraction of sp³-hybridized carbons (Fsp3) is 0.357. The van der Waals surface area contributed by atoms with Gasteiger partial charge in [0.2, 0.25) is 0 Å². The molecular weight excluding hydrogens is 273 g/mol. The molecule has 0 heterocycles. The van der Waals surface area contributed by atoms with Crippen LogP contribution in [0.15, 0.2) is 18.2 Å². The van der Waals surface area contributed by atoms with Crippen LogP contribution in [0.3, 0.4) is 0 Å². The predicted molar refractivity (Wildman–Crippen MR) is 70.8 cm³/mol. The first kappa shape index (κ1) is 15.6. The monoisotopic (exact) mass is 286 g/mol. The fourth-order valence-corrected chi connectivity index (χ4v) is 1.83. The van der Waals surface area contributed by atoms with E-state index in [9.17, 15) is 18.0 Å². The first-order valence-corrected chi connectivity index (χ1v) is 6.59. The number of halogens is 3. The molecule has 19 heavy (non-hydrogen) atoms. The third-order valence-electron chi connectivity index (χ3n) is 2.32. The minimum atomic E-state index is -4.35. The number of aryl methyl sites for hydroxylation is 1. The largest absolute Gasteiger partial charge is 0.416 e. The van der Waals surface area contributed by atoms with Crippen LogP contribution < -0.4 is 0 Å². The second-order valence-electron chi connectivity index (χ2n) is 3.92. The number of hydrogen-bond donors (Lipinski definition) is 0. The van der Waals surface area contributed by atoms with Gasteiger partial charge < -0.3 is 0 Å². The van der Waals surface area contributed by atoms with Crippen molar-refractivity contribution in [3.63, 3.8) is 0 Å². The maximum atomic E-state index is 12.5. The van der Waals surface area contributed by atoms with Crippen LogP contribution in [0.1, 0.15) is 30.0 Å². The molecule has 5 heteroatoms. The molecule has 0 atom stereocenters. The Morgan fingerprint density at radius 2 is 2.05 bits per heavy atom. The molecule has 1 nitrogen and oxygen atoms in total. The van der Waals surface area contributed by atoms with Gasteiger partial charge in [-0.2, -0.15) is 13.2 Å². The van der Waals surface area contributed by atoms with Gasteiger partial charge in [-0.25, -0.2) is 0 Å². The molecule has 0 bridgehead atoms. The summed E-state index contributed by atoms with van der Waals surface area (Å²) in [6.45, 7) is 3.18. The molecule has 102 valence electrons. The number of carbonyl (C=O) groups excluding carboxylic acids is 1. The van der Waals surface area contributed by atoms with Crippen LogP contribution in [-0.2, 0) is 11.0 Å². The van der Waals surface area contributed by atoms with Crippen molar-refractivity contribution in [1.29, 1.82) is 0 Å². The summed E-state index contributed by atoms with van der Waals surface area (Å²) in [4.78, 5) is 10.7. The predicted octanol–water partition coefficient (Wildman–Crippen LogP) is 4.04. The Kier molecular flexibility index (Phi) is 5.49. The van der Waals surface area contributed by atoms with E-state index >= 15 is 0 Å². The zero-order chi connectivity index (χ0) is 14.5. The van der Waals surface area contributed by atoms with Crippen LogP contribution in [-0.4, -0.2) is 10.9 Å². The van der Waals surface area contributed by atoms with E-state index in [1.54, 1.807) is 6.92 Å². The van der Waals surface area contributed by atoms with Crippen LogP contribution >= 0.6 is 11.8 Å². The van der Waals surface area contributed by atoms with Crippen molar-refractivity contribution in [3.8, 4) is 11.8 Å². The SMILES string of the molecule is CC(=O)SCCC#Cc1cc(C(F)(F)F)ccc1C. The molecule has 0 saturated carbocycles. The molecule has 0 N–H and O–H groups in total. The first-order chi connectivity index (χ1) is 8.80. The van der Waals surface area contributed by atoms with Crippen molar-refractivity contribution < 1.29 is 18.0 Å². The minimum absolute atomic E-state index is 0.0112. The lowest BCUT2D eigenvalue weighted by molar-refractivity contribution is -0.137. The Hall–Kier alpha value is -1.41. The molecule has 1 aromatic rings. The number of rotatable bonds is 2. The molecule has 0 radical (unpaired) electrons. The fourth-order valence-electron chi connectivity index (χ4n) is 1.34. The van der Waals surface area contributed by atoms with E-state index in [-0.39, 0.29) is 5.12 Å². The lowest BCUT2D eigenvalue weighted by Crippen LogP contribution is -2.05. The zero-order valence-electron chi connectivity index (χ0n) is 10.6. The molecule has 0 saturated heterocycles. The van der Waals surface area contributed by atoms with E-state index in [4.69, 9.17) is 0 Å². The van der Waals surface area contributed by atoms with Crippen molar-refractivity contribution in [3.05, 3.63) is 34.9 Å². The summed E-state index contributed by atoms with van der Waals surface area (Å²) >= 11 is 1.16. The maximum absolute atomic E-state index is 12.5. The van der Waals surface area contributed by atoms with E-state index in [0.29, 0.717) is 23.3 Å². The Labute approximate surface area is 114 Å². The van der Waals surface area contributed by atoms with Crippen molar-refractivity contribution in [2.75, 3.05) is 5.75 Å². The van der Waals surface area contributed by atoms with Crippen LogP contribution in [0, 0.1) is 18.8 Å². The molecule has 0 fully saturated rings. The van der Waals surface area contributed by atoms with Crippen LogP contribution in [0.4, 0.5) is 13.2 Å². The quantitative estimate of drug-likeness (QED) is 0.603. The second kappa shape index (κ2) is 6.67. The van der Waals surface area contributed by atoms with Gasteiger partial charge in [-0.3, -0.25) is 4.79 Å². The lowest BCUT2D eigenvalue weighted by Gasteiger charge is -2.07. The van der Waals surface area contributed by atoms with E-state index in [0.717, 1.165) is 23.9 Å². The Balaban J connectivity index is 2.78. The minimum Gasteiger partial charge on any atom is -0.288 e. The molecule has 0 unspecified atom stereocenters. The third-order valence-corrected chi connectivity index (χ3v) is 3.14. The molecular formula is C14H13F3OS. The van der Waals surface area contributed by atoms with Gasteiger partial charge in [-0.05, 0) is 24.6 Å². The first-order valence-electron chi connectivity index (χ1n) is 5.61. The van der Waals surface area contributed by atoms with Crippen LogP contribution in [0.25, 0.3) is 0 Å². The van der Waals surface area contributed by atoms with Crippen LogP contribution in [0.5, 0.6) is 0 Å². The Morgan fingerprint density at radius 3 is 2.63 bits per heavy atom. The summed E-state index contributed by atoms with van der Waals surface area (Å²) in [6.07, 6.45) is -3.88. The number of thioether (sulfide) groups is 1. The lowest BCUT2D eigenvalue weighted by atomic mass is 10.0. The standard InChI is InChI=1S/C14H13F3OS/c1-10-6-7-13(14(15,16)17)9-12(10)5-3-4-8-19-11(2)18/h6-7,9H,4,8H2,1-2H3. The highest BCUT2D eigenvalue weighted by Gasteiger charge is 2.30. The number of hydrogen-bond acceptors (Lipinski definition) is 2. The third kappa shape index (κ3) is 5.39. The van der Waals surface area contributed by atoms with Gasteiger partial charge in [0.1, 0.15) is 0 Å². The highest BCUT2D eigenvalue weighted by Crippen LogP contribution is 2.30. The van der Waals surface area contributed by atoms with Crippen molar-refractivity contribution in [2.24, 2.45) is 0 Å². The van der Waals surface area contributed by atoms with E-state index < -0.39 is 11.7 Å². The van der Waals surface area contributed by atoms with E-state index in [2.05, 4.69) is 11.8 Å². The zero-order valence-corrected chi connectivity index (χ0v) is 11.4. The van der Waals surface area contributed by atoms with Gasteiger partial charge in [0.25, 0.3) is 0 Å². The normalized spacial score (nSPS) is 10.8. The van der Waals surface area contributed by atoms with Crippen molar-refractivity contribution in [2.45, 2.75) is 26.4 Å². The van der Waals surface area contributed by atoms with Gasteiger partial charge in [-0.15, -0.1) is 0 Å². The van der Waals surface area contributed by atoms with Crippen molar-refractivity contribution in [1.82, 2.24) is 0 Å². The topological polar surface area (TPSA) is 17.1 Å². The summed E-state index contributed by atoms with van der Waals surface area (Å²) in [5, 5.41) is 0.0112. The summed E-state index contributed by atoms with van der Waals surface area (Å²) in [5.41, 5.74) is 0.392. The van der Waals surface area contributed by atoms with E-state index in [1.165, 1.54) is 13.0 Å². The molecule has 0 aromatic heterocycles. The van der Waals surface area contributed by atoms with Crippen molar-refractivity contribution >= 4 is 16.9 Å². The second-order valence-corrected chi connectivity index (χ2v) is 5.19. The summed E-state index contributed by atoms with van der Waals surface area (Å²) in [7, 11) is 0. The van der Waals surface area contributed by atoms with Gasteiger partial charge in [0.05, 0.1) is 5.56 Å². The molecule has 1 rings (SSSR count). The number of carbonyl (C=O) groups is 1. The van der Waals surface area contributed by atoms with Gasteiger partial charge >= 0.3 is 6.18 Å². The molecule has 1 aromatic carbocycles. The van der Waals surface area contributed by atoms with Gasteiger partial charge in [-0.1, -0.05) is 29.7 Å². The van der Waals surface area contributed by atoms with Gasteiger partial charge in [0, 0.05) is 24.7 Å². The summed E-state index contributed by atoms with van der Waals surface area (Å²) in [6, 6.07) is 3.52. The average Bonchev–Trinajstić information content (AvgIpc) is 2.29. The molecule has 0 amide bonds. The average molecular weight is 286 g/mol. The highest BCUT2D eigenvalue weighted by molar-refractivity contribution is 8.13. The number of benzene rings is 1. The number of alkyl halides is 3. The summed E-state index contributed by atoms with van der Waals surface area (Å²) in [5.74, 6) is 6.07. The smallest absolute Gasteiger partial charge is 0.288 e. The highest BCUT2D eigenvalue weighted by atomic mass is 32.2. The Morgan fingerprint density at radius 1 is 1.37 bits per heavy atom. The molecule has 0 aliphatic heterocycles. The van der Waals surface area contributed by atoms with Gasteiger partial charge in [0.15, 0.2) is 5.12 Å². The van der Waals surface area contributed by atoms with Crippen LogP contribution in [0.2, 0.25) is 0 Å². The molecule has 0 spiro atoms. The Bertz CT molecular complexity index is 524. The molecule has 0 aliphatic carbocycles. The molecule has 0 aliphatic rings. The maximum Gasteiger partial charge on any atom is 0.416 e. The summed E-state index contributed by atoms with van der Waals surface area (Å²) < 4.78 is 37.6. The van der Waals surface area contributed by atoms with E-state index in [1.807, 2.05) is 0 Å².